The number of aliphatic hydroxyl groups is 1. The van der Waals surface area contributed by atoms with Crippen molar-refractivity contribution < 1.29 is 23.8 Å². The predicted molar refractivity (Wildman–Crippen MR) is 77.4 cm³/mol. The Balaban J connectivity index is 1.86. The topological polar surface area (TPSA) is 149 Å². The molecule has 0 amide bonds. The molecule has 2 aromatic rings. The molecule has 0 saturated carbocycles. The largest absolute Gasteiger partial charge is 0.694 e. The smallest absolute Gasteiger partial charge is 0.390 e. The van der Waals surface area contributed by atoms with Crippen LogP contribution in [0.2, 0.25) is 0 Å². The van der Waals surface area contributed by atoms with E-state index in [1.54, 1.807) is 4.57 Å². The van der Waals surface area contributed by atoms with Gasteiger partial charge in [0.15, 0.2) is 10.6 Å². The van der Waals surface area contributed by atoms with E-state index in [0.717, 1.165) is 0 Å². The first kappa shape index (κ1) is 15.4. The van der Waals surface area contributed by atoms with Gasteiger partial charge >= 0.3 is 8.25 Å². The van der Waals surface area contributed by atoms with E-state index in [0.29, 0.717) is 11.2 Å². The van der Waals surface area contributed by atoms with E-state index in [1.165, 1.54) is 6.33 Å². The second-order valence-corrected chi connectivity index (χ2v) is 5.86. The monoisotopic (exact) mass is 346 g/mol. The molecule has 1 fully saturated rings. The van der Waals surface area contributed by atoms with Crippen LogP contribution >= 0.6 is 20.5 Å². The molecule has 1 aliphatic heterocycles. The Morgan fingerprint density at radius 1 is 1.68 bits per heavy atom. The van der Waals surface area contributed by atoms with Crippen molar-refractivity contribution in [2.75, 3.05) is 12.3 Å². The van der Waals surface area contributed by atoms with E-state index >= 15 is 0 Å². The maximum absolute atomic E-state index is 10.6. The van der Waals surface area contributed by atoms with Crippen molar-refractivity contribution in [2.24, 2.45) is 0 Å². The SMILES string of the molecule is Nc1nc(=S)c2ncn([C@H]3C[C@@H](O)[C@@H](CO[P+](=O)O)O3)c2[nH]1. The molecule has 1 aliphatic rings. The maximum atomic E-state index is 10.6. The number of hydrogen-bond donors (Lipinski definition) is 4. The normalized spacial score (nSPS) is 25.7. The highest BCUT2D eigenvalue weighted by Crippen LogP contribution is 2.32. The maximum Gasteiger partial charge on any atom is 0.694 e. The van der Waals surface area contributed by atoms with Crippen molar-refractivity contribution in [3.8, 4) is 0 Å². The number of hydrogen-bond acceptors (Lipinski definition) is 8. The number of ether oxygens (including phenoxy) is 1. The van der Waals surface area contributed by atoms with Crippen molar-refractivity contribution >= 4 is 37.6 Å². The van der Waals surface area contributed by atoms with E-state index < -0.39 is 26.7 Å². The highest BCUT2D eigenvalue weighted by molar-refractivity contribution is 7.71. The number of anilines is 1. The third kappa shape index (κ3) is 2.86. The minimum absolute atomic E-state index is 0.148. The first-order valence-electron chi connectivity index (χ1n) is 6.30. The molecule has 0 aromatic carbocycles. The summed E-state index contributed by atoms with van der Waals surface area (Å²) in [4.78, 5) is 19.6. The molecule has 12 heteroatoms. The Morgan fingerprint density at radius 3 is 3.18 bits per heavy atom. The first-order chi connectivity index (χ1) is 10.5. The summed E-state index contributed by atoms with van der Waals surface area (Å²) in [6.07, 6.45) is -0.302. The number of imidazole rings is 1. The Kier molecular flexibility index (Phi) is 4.17. The van der Waals surface area contributed by atoms with Crippen LogP contribution in [0.15, 0.2) is 6.33 Å². The van der Waals surface area contributed by atoms with Crippen LogP contribution in [0, 0.1) is 4.64 Å². The molecule has 118 valence electrons. The molecule has 22 heavy (non-hydrogen) atoms. The standard InChI is InChI=1S/C10H12N5O5PS/c11-10-13-8-7(9(22)14-10)12-3-15(8)6-1-4(16)5(20-6)2-19-21(17)18/h3-6,16H,1-2H2,(H3-,11,13,14,17,18,22)/p+1/t4-,5-,6-/m1/s1. The van der Waals surface area contributed by atoms with Crippen molar-refractivity contribution in [1.29, 1.82) is 0 Å². The Morgan fingerprint density at radius 2 is 2.45 bits per heavy atom. The number of nitrogen functional groups attached to an aromatic ring is 1. The first-order valence-corrected chi connectivity index (χ1v) is 7.84. The zero-order chi connectivity index (χ0) is 15.9. The van der Waals surface area contributed by atoms with E-state index in [4.69, 9.17) is 27.6 Å². The van der Waals surface area contributed by atoms with Gasteiger partial charge in [0.1, 0.15) is 30.1 Å². The van der Waals surface area contributed by atoms with Crippen molar-refractivity contribution in [3.63, 3.8) is 0 Å². The highest BCUT2D eigenvalue weighted by atomic mass is 32.1. The van der Waals surface area contributed by atoms with E-state index in [-0.39, 0.29) is 23.6 Å². The quantitative estimate of drug-likeness (QED) is 0.455. The van der Waals surface area contributed by atoms with Crippen LogP contribution in [-0.4, -0.2) is 48.3 Å². The van der Waals surface area contributed by atoms with Gasteiger partial charge in [-0.15, -0.1) is 9.42 Å². The van der Waals surface area contributed by atoms with E-state index in [2.05, 4.69) is 19.5 Å². The summed E-state index contributed by atoms with van der Waals surface area (Å²) >= 11 is 5.09. The minimum atomic E-state index is -2.74. The van der Waals surface area contributed by atoms with Crippen LogP contribution in [0.25, 0.3) is 11.2 Å². The Labute approximate surface area is 129 Å². The molecule has 3 heterocycles. The molecule has 1 unspecified atom stereocenters. The lowest BCUT2D eigenvalue weighted by atomic mass is 10.2. The highest BCUT2D eigenvalue weighted by Gasteiger charge is 2.37. The van der Waals surface area contributed by atoms with Crippen LogP contribution in [0.4, 0.5) is 5.95 Å². The second-order valence-electron chi connectivity index (χ2n) is 4.74. The van der Waals surface area contributed by atoms with Gasteiger partial charge < -0.3 is 20.6 Å². The van der Waals surface area contributed by atoms with Gasteiger partial charge in [-0.2, -0.15) is 0 Å². The summed E-state index contributed by atoms with van der Waals surface area (Å²) in [5.41, 5.74) is 6.65. The zero-order valence-electron chi connectivity index (χ0n) is 11.1. The molecule has 4 atom stereocenters. The third-order valence-electron chi connectivity index (χ3n) is 3.33. The molecule has 0 aliphatic carbocycles. The predicted octanol–water partition coefficient (Wildman–Crippen LogP) is 0.386. The summed E-state index contributed by atoms with van der Waals surface area (Å²) in [5, 5.41) is 9.97. The number of fused-ring (bicyclic) bond motifs is 1. The van der Waals surface area contributed by atoms with Crippen LogP contribution in [-0.2, 0) is 13.8 Å². The minimum Gasteiger partial charge on any atom is -0.390 e. The lowest BCUT2D eigenvalue weighted by Gasteiger charge is -2.13. The number of nitrogens with one attached hydrogen (secondary N) is 1. The number of aromatic amines is 1. The average molecular weight is 346 g/mol. The van der Waals surface area contributed by atoms with Gasteiger partial charge in [-0.3, -0.25) is 4.57 Å². The fourth-order valence-electron chi connectivity index (χ4n) is 2.34. The number of aliphatic hydroxyl groups excluding tert-OH is 1. The fraction of sp³-hybridized carbons (Fsp3) is 0.500. The van der Waals surface area contributed by atoms with Crippen LogP contribution in [0.1, 0.15) is 12.6 Å². The lowest BCUT2D eigenvalue weighted by molar-refractivity contribution is -0.0384. The summed E-state index contributed by atoms with van der Waals surface area (Å²) in [5.74, 6) is 0.148. The van der Waals surface area contributed by atoms with Crippen LogP contribution in [0.3, 0.4) is 0 Å². The van der Waals surface area contributed by atoms with E-state index in [9.17, 15) is 9.67 Å². The fourth-order valence-corrected chi connectivity index (χ4v) is 2.87. The lowest BCUT2D eigenvalue weighted by Crippen LogP contribution is -2.25. The average Bonchev–Trinajstić information content (AvgIpc) is 3.00. The van der Waals surface area contributed by atoms with Gasteiger partial charge in [0, 0.05) is 11.0 Å². The van der Waals surface area contributed by atoms with Gasteiger partial charge in [0.25, 0.3) is 0 Å². The molecule has 1 saturated heterocycles. The summed E-state index contributed by atoms with van der Waals surface area (Å²) in [6, 6.07) is 0. The van der Waals surface area contributed by atoms with Gasteiger partial charge in [0.05, 0.1) is 12.4 Å². The molecule has 0 bridgehead atoms. The number of nitrogens with zero attached hydrogens (tertiary/aromatic N) is 3. The van der Waals surface area contributed by atoms with Gasteiger partial charge in [-0.05, 0) is 0 Å². The van der Waals surface area contributed by atoms with Crippen molar-refractivity contribution in [2.45, 2.75) is 24.9 Å². The number of H-pyrrole nitrogens is 1. The molecular formula is C10H13N5O5PS+. The molecule has 3 rings (SSSR count). The third-order valence-corrected chi connectivity index (χ3v) is 3.98. The van der Waals surface area contributed by atoms with Crippen molar-refractivity contribution in [1.82, 2.24) is 19.5 Å². The molecule has 0 spiro atoms. The summed E-state index contributed by atoms with van der Waals surface area (Å²) in [6.45, 7) is -0.185. The molecular weight excluding hydrogens is 333 g/mol. The van der Waals surface area contributed by atoms with Crippen LogP contribution in [0.5, 0.6) is 0 Å². The van der Waals surface area contributed by atoms with Crippen molar-refractivity contribution in [3.05, 3.63) is 11.0 Å². The molecule has 0 radical (unpaired) electrons. The zero-order valence-corrected chi connectivity index (χ0v) is 12.8. The second kappa shape index (κ2) is 5.95. The van der Waals surface area contributed by atoms with Gasteiger partial charge in [0.2, 0.25) is 0 Å². The number of rotatable bonds is 4. The Bertz CT molecular complexity index is 779. The van der Waals surface area contributed by atoms with E-state index in [1.807, 2.05) is 0 Å². The molecule has 10 nitrogen and oxygen atoms in total. The summed E-state index contributed by atoms with van der Waals surface area (Å²) < 4.78 is 22.7. The molecule has 5 N–H and O–H groups in total. The Hall–Kier alpha value is -1.49. The van der Waals surface area contributed by atoms with Gasteiger partial charge in [-0.1, -0.05) is 12.2 Å². The number of nitrogens with two attached hydrogens (primary N) is 1. The number of aromatic nitrogens is 4. The summed E-state index contributed by atoms with van der Waals surface area (Å²) in [7, 11) is -2.74. The van der Waals surface area contributed by atoms with Crippen LogP contribution < -0.4 is 5.73 Å². The molecule has 2 aromatic heterocycles. The van der Waals surface area contributed by atoms with Gasteiger partial charge in [-0.25, -0.2) is 9.97 Å².